The van der Waals surface area contributed by atoms with Crippen LogP contribution in [0, 0.1) is 0 Å². The van der Waals surface area contributed by atoms with E-state index in [1.807, 2.05) is 0 Å². The summed E-state index contributed by atoms with van der Waals surface area (Å²) in [6.07, 6.45) is 23.0. The first-order valence-electron chi connectivity index (χ1n) is 10.9. The van der Waals surface area contributed by atoms with Crippen LogP contribution in [0.1, 0.15) is 117 Å². The fraction of sp³-hybridized carbons (Fsp3) is 1.00. The van der Waals surface area contributed by atoms with Gasteiger partial charge in [-0.2, -0.15) is 0 Å². The van der Waals surface area contributed by atoms with Gasteiger partial charge in [-0.25, -0.2) is 0 Å². The summed E-state index contributed by atoms with van der Waals surface area (Å²) in [5.41, 5.74) is 0. The Labute approximate surface area is 165 Å². The van der Waals surface area contributed by atoms with Crippen molar-refractivity contribution in [2.75, 3.05) is 27.2 Å². The summed E-state index contributed by atoms with van der Waals surface area (Å²) in [5.74, 6) is 0. The minimum atomic E-state index is 0. The van der Waals surface area contributed by atoms with Crippen LogP contribution in [0.5, 0.6) is 0 Å². The van der Waals surface area contributed by atoms with E-state index in [4.69, 9.17) is 0 Å². The predicted octanol–water partition coefficient (Wildman–Crippen LogP) is 7.34. The van der Waals surface area contributed by atoms with Crippen LogP contribution in [-0.4, -0.2) is 31.7 Å². The quantitative estimate of drug-likeness (QED) is 0.130. The Kier molecular flexibility index (Phi) is 22.0. The van der Waals surface area contributed by atoms with Gasteiger partial charge in [-0.1, -0.05) is 90.9 Å². The van der Waals surface area contributed by atoms with Crippen LogP contribution in [0.2, 0.25) is 0 Å². The van der Waals surface area contributed by atoms with Gasteiger partial charge in [-0.05, 0) is 25.7 Å². The Bertz CT molecular complexity index is 206. The van der Waals surface area contributed by atoms with Crippen molar-refractivity contribution in [2.24, 2.45) is 0 Å². The van der Waals surface area contributed by atoms with E-state index in [1.165, 1.54) is 120 Å². The molecule has 0 aliphatic heterocycles. The summed E-state index contributed by atoms with van der Waals surface area (Å²) >= 11 is 0. The third kappa shape index (κ3) is 20.5. The molecule has 0 atom stereocenters. The van der Waals surface area contributed by atoms with E-state index in [1.54, 1.807) is 0 Å². The molecule has 0 unspecified atom stereocenters. The van der Waals surface area contributed by atoms with Gasteiger partial charge < -0.3 is 4.48 Å². The molecule has 1 radical (unpaired) electrons. The van der Waals surface area contributed by atoms with E-state index in [0.29, 0.717) is 0 Å². The molecular weight excluding hydrogens is 342 g/mol. The molecule has 0 aromatic rings. The van der Waals surface area contributed by atoms with Crippen molar-refractivity contribution in [3.63, 3.8) is 0 Å². The van der Waals surface area contributed by atoms with Gasteiger partial charge in [-0.3, -0.25) is 0 Å². The third-order valence-corrected chi connectivity index (χ3v) is 5.23. The molecule has 0 fully saturated rings. The second-order valence-corrected chi connectivity index (χ2v) is 8.33. The molecule has 0 bridgehead atoms. The van der Waals surface area contributed by atoms with Crippen molar-refractivity contribution in [3.05, 3.63) is 0 Å². The minimum Gasteiger partial charge on any atom is -0.328 e. The molecule has 0 heterocycles. The average molecular weight is 390 g/mol. The van der Waals surface area contributed by atoms with Crippen molar-refractivity contribution in [3.8, 4) is 0 Å². The van der Waals surface area contributed by atoms with Crippen LogP contribution in [-0.2, 0) is 17.1 Å². The summed E-state index contributed by atoms with van der Waals surface area (Å²) in [4.78, 5) is 0. The monoisotopic (exact) mass is 389 g/mol. The molecule has 151 valence electrons. The summed E-state index contributed by atoms with van der Waals surface area (Å²) < 4.78 is 1.24. The molecule has 0 aliphatic rings. The third-order valence-electron chi connectivity index (χ3n) is 5.23. The normalized spacial score (nSPS) is 11.5. The molecule has 1 nitrogen and oxygen atoms in total. The Morgan fingerprint density at radius 2 is 0.667 bits per heavy atom. The van der Waals surface area contributed by atoms with Crippen LogP contribution in [0.4, 0.5) is 0 Å². The van der Waals surface area contributed by atoms with Gasteiger partial charge in [0.15, 0.2) is 0 Å². The van der Waals surface area contributed by atoms with E-state index in [2.05, 4.69) is 27.9 Å². The topological polar surface area (TPSA) is 0 Å². The van der Waals surface area contributed by atoms with Crippen molar-refractivity contribution >= 4 is 0 Å². The molecule has 2 heteroatoms. The first-order chi connectivity index (χ1) is 11.1. The summed E-state index contributed by atoms with van der Waals surface area (Å²) in [6, 6.07) is 0. The van der Waals surface area contributed by atoms with Crippen molar-refractivity contribution in [1.29, 1.82) is 0 Å². The molecule has 0 spiro atoms. The van der Waals surface area contributed by atoms with Gasteiger partial charge in [0, 0.05) is 17.1 Å². The molecule has 0 aliphatic carbocycles. The molecule has 0 amide bonds. The second-order valence-electron chi connectivity index (χ2n) is 8.33. The number of rotatable bonds is 18. The second kappa shape index (κ2) is 19.8. The van der Waals surface area contributed by atoms with E-state index in [-0.39, 0.29) is 17.1 Å². The smallest absolute Gasteiger partial charge is 0.0782 e. The number of unbranched alkanes of at least 4 members (excludes halogenated alkanes) is 14. The molecular formula is C22H48CuN+. The summed E-state index contributed by atoms with van der Waals surface area (Å²) in [6.45, 7) is 7.36. The average Bonchev–Trinajstić information content (AvgIpc) is 2.52. The fourth-order valence-corrected chi connectivity index (χ4v) is 3.46. The maximum Gasteiger partial charge on any atom is 0.0782 e. The van der Waals surface area contributed by atoms with Crippen LogP contribution in [0.25, 0.3) is 0 Å². The Morgan fingerprint density at radius 1 is 0.417 bits per heavy atom. The maximum atomic E-state index is 2.43. The Balaban J connectivity index is 0. The van der Waals surface area contributed by atoms with Gasteiger partial charge in [0.1, 0.15) is 0 Å². The first kappa shape index (κ1) is 26.7. The van der Waals surface area contributed by atoms with Crippen molar-refractivity contribution in [1.82, 2.24) is 0 Å². The van der Waals surface area contributed by atoms with Crippen LogP contribution in [0.3, 0.4) is 0 Å². The van der Waals surface area contributed by atoms with Gasteiger partial charge >= 0.3 is 0 Å². The van der Waals surface area contributed by atoms with E-state index >= 15 is 0 Å². The molecule has 0 saturated carbocycles. The molecule has 0 N–H and O–H groups in total. The van der Waals surface area contributed by atoms with Crippen LogP contribution >= 0.6 is 0 Å². The SMILES string of the molecule is CCCCCCCCCC[N+](C)(C)CCCCCCCCCC.[Cu]. The molecule has 0 rings (SSSR count). The molecule has 0 aromatic carbocycles. The standard InChI is InChI=1S/C22H48N.Cu/c1-5-7-9-11-13-15-17-19-21-23(3,4)22-20-18-16-14-12-10-8-6-2;/h5-22H2,1-4H3;/q+1;. The van der Waals surface area contributed by atoms with Crippen molar-refractivity contribution in [2.45, 2.75) is 117 Å². The molecule has 24 heavy (non-hydrogen) atoms. The zero-order chi connectivity index (χ0) is 17.2. The van der Waals surface area contributed by atoms with Crippen LogP contribution < -0.4 is 0 Å². The van der Waals surface area contributed by atoms with Gasteiger partial charge in [0.05, 0.1) is 27.2 Å². The number of hydrogen-bond acceptors (Lipinski definition) is 0. The first-order valence-corrected chi connectivity index (χ1v) is 10.9. The van der Waals surface area contributed by atoms with E-state index < -0.39 is 0 Å². The van der Waals surface area contributed by atoms with Gasteiger partial charge in [-0.15, -0.1) is 0 Å². The molecule has 0 aromatic heterocycles. The van der Waals surface area contributed by atoms with Crippen molar-refractivity contribution < 1.29 is 21.6 Å². The largest absolute Gasteiger partial charge is 0.328 e. The number of nitrogens with zero attached hydrogens (tertiary/aromatic N) is 1. The summed E-state index contributed by atoms with van der Waals surface area (Å²) in [7, 11) is 4.87. The maximum absolute atomic E-state index is 2.43. The van der Waals surface area contributed by atoms with Crippen LogP contribution in [0.15, 0.2) is 0 Å². The van der Waals surface area contributed by atoms with E-state index in [9.17, 15) is 0 Å². The fourth-order valence-electron chi connectivity index (χ4n) is 3.46. The molecule has 0 saturated heterocycles. The summed E-state index contributed by atoms with van der Waals surface area (Å²) in [5, 5.41) is 0. The number of quaternary nitrogens is 1. The predicted molar refractivity (Wildman–Crippen MR) is 107 cm³/mol. The zero-order valence-corrected chi connectivity index (χ0v) is 18.4. The van der Waals surface area contributed by atoms with E-state index in [0.717, 1.165) is 0 Å². The zero-order valence-electron chi connectivity index (χ0n) is 17.5. The Morgan fingerprint density at radius 3 is 0.958 bits per heavy atom. The Hall–Kier alpha value is 0.479. The minimum absolute atomic E-state index is 0. The number of hydrogen-bond donors (Lipinski definition) is 0. The van der Waals surface area contributed by atoms with Gasteiger partial charge in [0.2, 0.25) is 0 Å². The van der Waals surface area contributed by atoms with Gasteiger partial charge in [0.25, 0.3) is 0 Å².